The molecule has 0 unspecified atom stereocenters. The van der Waals surface area contributed by atoms with Gasteiger partial charge in [0.2, 0.25) is 0 Å². The molecule has 0 aromatic carbocycles. The second-order valence-corrected chi connectivity index (χ2v) is 1.94. The minimum atomic E-state index is 0.817. The molecule has 0 aromatic heterocycles. The highest BCUT2D eigenvalue weighted by Crippen LogP contribution is 1.94. The summed E-state index contributed by atoms with van der Waals surface area (Å²) in [6.45, 7) is 5.43. The number of ether oxygens (including phenoxy) is 1. The highest BCUT2D eigenvalue weighted by atomic mass is 16.5. The van der Waals surface area contributed by atoms with Gasteiger partial charge < -0.3 is 4.74 Å². The summed E-state index contributed by atoms with van der Waals surface area (Å²) in [5.74, 6) is 0. The molecule has 0 atom stereocenters. The van der Waals surface area contributed by atoms with Crippen molar-refractivity contribution in [1.82, 2.24) is 5.01 Å². The van der Waals surface area contributed by atoms with Crippen LogP contribution in [0.1, 0.15) is 6.92 Å². The number of morpholine rings is 1. The molecule has 0 spiro atoms. The first-order valence-electron chi connectivity index (χ1n) is 3.25. The van der Waals surface area contributed by atoms with E-state index >= 15 is 0 Å². The Kier molecular flexibility index (Phi) is 2.51. The Hall–Kier alpha value is -0.570. The smallest absolute Gasteiger partial charge is 0.0659 e. The van der Waals surface area contributed by atoms with Gasteiger partial charge in [-0.05, 0) is 6.92 Å². The topological polar surface area (TPSA) is 24.8 Å². The third-order valence-corrected chi connectivity index (χ3v) is 1.27. The van der Waals surface area contributed by atoms with Crippen molar-refractivity contribution in [2.24, 2.45) is 5.10 Å². The molecular weight excluding hydrogens is 116 g/mol. The Balaban J connectivity index is 2.23. The number of hydrogen-bond acceptors (Lipinski definition) is 3. The quantitative estimate of drug-likeness (QED) is 0.475. The Morgan fingerprint density at radius 2 is 2.11 bits per heavy atom. The Morgan fingerprint density at radius 1 is 1.44 bits per heavy atom. The van der Waals surface area contributed by atoms with Crippen molar-refractivity contribution in [2.75, 3.05) is 26.3 Å². The van der Waals surface area contributed by atoms with Crippen LogP contribution in [0, 0.1) is 0 Å². The van der Waals surface area contributed by atoms with Crippen LogP contribution in [0.15, 0.2) is 5.10 Å². The Labute approximate surface area is 55.3 Å². The third-order valence-electron chi connectivity index (χ3n) is 1.27. The highest BCUT2D eigenvalue weighted by molar-refractivity contribution is 5.52. The van der Waals surface area contributed by atoms with Crippen molar-refractivity contribution >= 4 is 6.21 Å². The van der Waals surface area contributed by atoms with E-state index in [9.17, 15) is 0 Å². The fourth-order valence-electron chi connectivity index (χ4n) is 0.832. The molecule has 1 aliphatic rings. The maximum absolute atomic E-state index is 5.13. The lowest BCUT2D eigenvalue weighted by Gasteiger charge is -2.23. The minimum absolute atomic E-state index is 0.817. The lowest BCUT2D eigenvalue weighted by atomic mass is 10.5. The Bertz CT molecular complexity index is 97.2. The zero-order valence-electron chi connectivity index (χ0n) is 5.71. The average molecular weight is 128 g/mol. The van der Waals surface area contributed by atoms with Gasteiger partial charge in [0.15, 0.2) is 0 Å². The molecular formula is C6H12N2O. The highest BCUT2D eigenvalue weighted by Gasteiger charge is 2.04. The van der Waals surface area contributed by atoms with E-state index in [1.54, 1.807) is 0 Å². The van der Waals surface area contributed by atoms with E-state index in [2.05, 4.69) is 5.10 Å². The molecule has 1 heterocycles. The van der Waals surface area contributed by atoms with Crippen LogP contribution in [0.4, 0.5) is 0 Å². The van der Waals surface area contributed by atoms with Crippen LogP contribution >= 0.6 is 0 Å². The molecule has 52 valence electrons. The van der Waals surface area contributed by atoms with Gasteiger partial charge in [0, 0.05) is 6.21 Å². The number of nitrogens with zero attached hydrogens (tertiary/aromatic N) is 2. The number of hydrazone groups is 1. The van der Waals surface area contributed by atoms with Crippen LogP contribution < -0.4 is 0 Å². The molecule has 0 bridgehead atoms. The van der Waals surface area contributed by atoms with E-state index in [-0.39, 0.29) is 0 Å². The number of rotatable bonds is 1. The molecule has 0 radical (unpaired) electrons. The van der Waals surface area contributed by atoms with Gasteiger partial charge in [0.05, 0.1) is 26.3 Å². The molecule has 1 aliphatic heterocycles. The predicted molar refractivity (Wildman–Crippen MR) is 36.6 cm³/mol. The molecule has 3 heteroatoms. The Morgan fingerprint density at radius 3 is 2.67 bits per heavy atom. The van der Waals surface area contributed by atoms with Crippen LogP contribution in [0.25, 0.3) is 0 Å². The molecule has 1 fully saturated rings. The minimum Gasteiger partial charge on any atom is -0.378 e. The summed E-state index contributed by atoms with van der Waals surface area (Å²) >= 11 is 0. The normalized spacial score (nSPS) is 21.2. The summed E-state index contributed by atoms with van der Waals surface area (Å²) in [6, 6.07) is 0. The fourth-order valence-corrected chi connectivity index (χ4v) is 0.832. The zero-order valence-corrected chi connectivity index (χ0v) is 5.71. The molecule has 1 saturated heterocycles. The van der Waals surface area contributed by atoms with Gasteiger partial charge in [0.25, 0.3) is 0 Å². The lowest BCUT2D eigenvalue weighted by molar-refractivity contribution is 0.0396. The average Bonchev–Trinajstić information content (AvgIpc) is 1.91. The van der Waals surface area contributed by atoms with E-state index < -0.39 is 0 Å². The van der Waals surface area contributed by atoms with Gasteiger partial charge in [-0.3, -0.25) is 5.01 Å². The molecule has 0 saturated carbocycles. The molecule has 3 nitrogen and oxygen atoms in total. The van der Waals surface area contributed by atoms with Crippen LogP contribution in [0.2, 0.25) is 0 Å². The van der Waals surface area contributed by atoms with Gasteiger partial charge >= 0.3 is 0 Å². The van der Waals surface area contributed by atoms with E-state index in [1.807, 2.05) is 18.1 Å². The van der Waals surface area contributed by atoms with E-state index in [0.717, 1.165) is 26.3 Å². The largest absolute Gasteiger partial charge is 0.378 e. The molecule has 0 aliphatic carbocycles. The van der Waals surface area contributed by atoms with E-state index in [1.165, 1.54) is 0 Å². The zero-order chi connectivity index (χ0) is 6.53. The van der Waals surface area contributed by atoms with E-state index in [4.69, 9.17) is 4.74 Å². The molecule has 9 heavy (non-hydrogen) atoms. The van der Waals surface area contributed by atoms with Crippen molar-refractivity contribution in [3.8, 4) is 0 Å². The van der Waals surface area contributed by atoms with Gasteiger partial charge in [-0.1, -0.05) is 0 Å². The van der Waals surface area contributed by atoms with Gasteiger partial charge in [0.1, 0.15) is 0 Å². The van der Waals surface area contributed by atoms with Crippen molar-refractivity contribution in [3.05, 3.63) is 0 Å². The molecule has 0 N–H and O–H groups in total. The van der Waals surface area contributed by atoms with Crippen LogP contribution in [-0.4, -0.2) is 37.5 Å². The standard InChI is InChI=1S/C6H12N2O/c1-2-7-8-3-5-9-6-4-8/h2H,3-6H2,1H3/b7-2+. The molecule has 0 aromatic rings. The van der Waals surface area contributed by atoms with Crippen LogP contribution in [0.3, 0.4) is 0 Å². The fraction of sp³-hybridized carbons (Fsp3) is 0.833. The van der Waals surface area contributed by atoms with Crippen molar-refractivity contribution in [1.29, 1.82) is 0 Å². The van der Waals surface area contributed by atoms with Crippen molar-refractivity contribution in [2.45, 2.75) is 6.92 Å². The maximum atomic E-state index is 5.13. The van der Waals surface area contributed by atoms with Crippen LogP contribution in [-0.2, 0) is 4.74 Å². The van der Waals surface area contributed by atoms with Crippen LogP contribution in [0.5, 0.6) is 0 Å². The molecule has 0 amide bonds. The summed E-state index contributed by atoms with van der Waals surface area (Å²) in [4.78, 5) is 0. The van der Waals surface area contributed by atoms with Crippen molar-refractivity contribution in [3.63, 3.8) is 0 Å². The monoisotopic (exact) mass is 128 g/mol. The lowest BCUT2D eigenvalue weighted by Crippen LogP contribution is -2.32. The van der Waals surface area contributed by atoms with Crippen molar-refractivity contribution < 1.29 is 4.74 Å². The first-order chi connectivity index (χ1) is 4.43. The third kappa shape index (κ3) is 2.01. The first-order valence-corrected chi connectivity index (χ1v) is 3.25. The van der Waals surface area contributed by atoms with E-state index in [0.29, 0.717) is 0 Å². The summed E-state index contributed by atoms with van der Waals surface area (Å²) in [5, 5.41) is 6.13. The summed E-state index contributed by atoms with van der Waals surface area (Å²) in [7, 11) is 0. The van der Waals surface area contributed by atoms with Gasteiger partial charge in [-0.2, -0.15) is 5.10 Å². The summed E-state index contributed by atoms with van der Waals surface area (Å²) in [6.07, 6.45) is 1.81. The maximum Gasteiger partial charge on any atom is 0.0659 e. The predicted octanol–water partition coefficient (Wildman–Crippen LogP) is 0.324. The summed E-state index contributed by atoms with van der Waals surface area (Å²) < 4.78 is 5.13. The van der Waals surface area contributed by atoms with Gasteiger partial charge in [-0.15, -0.1) is 0 Å². The molecule has 1 rings (SSSR count). The second-order valence-electron chi connectivity index (χ2n) is 1.94. The SMILES string of the molecule is C/C=N/N1CCOCC1. The van der Waals surface area contributed by atoms with Gasteiger partial charge in [-0.25, -0.2) is 0 Å². The first kappa shape index (κ1) is 6.55. The summed E-state index contributed by atoms with van der Waals surface area (Å²) in [5.41, 5.74) is 0. The second kappa shape index (κ2) is 3.45. The number of hydrogen-bond donors (Lipinski definition) is 0.